The average molecular weight is 435 g/mol. The Morgan fingerprint density at radius 2 is 2.00 bits per heavy atom. The van der Waals surface area contributed by atoms with Crippen LogP contribution in [0.1, 0.15) is 30.7 Å². The number of hydrogen-bond donors (Lipinski definition) is 2. The molecule has 3 N–H and O–H groups in total. The zero-order valence-corrected chi connectivity index (χ0v) is 17.8. The number of fused-ring (bicyclic) bond motifs is 1. The van der Waals surface area contributed by atoms with E-state index < -0.39 is 0 Å². The van der Waals surface area contributed by atoms with E-state index in [2.05, 4.69) is 31.8 Å². The Kier molecular flexibility index (Phi) is 7.15. The summed E-state index contributed by atoms with van der Waals surface area (Å²) >= 11 is 0. The van der Waals surface area contributed by atoms with Crippen LogP contribution in [0.25, 0.3) is 11.2 Å². The van der Waals surface area contributed by atoms with Crippen molar-refractivity contribution in [1.29, 1.82) is 0 Å². The smallest absolute Gasteiger partial charge is 0.409 e. The number of carbonyl (C=O) groups is 1. The standard InChI is InChI=1S/C23H26N6O3/c24-21-20-22(26-16-25-20)28-19(27-21)8-4-7-17-9-11-29(12-10-17)23(30)32-14-13-31-15-18-5-2-1-3-6-18/h1-3,5-6,16-17H,7,9-15H2,(H3,24,25,26,27,28). The number of nitrogens with one attached hydrogen (secondary N) is 1. The Bertz CT molecular complexity index is 1100. The predicted octanol–water partition coefficient (Wildman–Crippen LogP) is 2.74. The molecule has 4 rings (SSSR count). The van der Waals surface area contributed by atoms with Gasteiger partial charge in [-0.25, -0.2) is 14.8 Å². The number of imidazole rings is 1. The predicted molar refractivity (Wildman–Crippen MR) is 119 cm³/mol. The lowest BCUT2D eigenvalue weighted by Gasteiger charge is -2.30. The van der Waals surface area contributed by atoms with Crippen molar-refractivity contribution < 1.29 is 14.3 Å². The minimum absolute atomic E-state index is 0.251. The lowest BCUT2D eigenvalue weighted by Crippen LogP contribution is -2.39. The summed E-state index contributed by atoms with van der Waals surface area (Å²) in [5, 5.41) is 0. The fourth-order valence-corrected chi connectivity index (χ4v) is 3.55. The fraction of sp³-hybridized carbons (Fsp3) is 0.391. The SMILES string of the molecule is Nc1nc(C#CCC2CCN(C(=O)OCCOCc3ccccc3)CC2)nc2nc[nH]c12. The van der Waals surface area contributed by atoms with Gasteiger partial charge in [0.2, 0.25) is 5.82 Å². The van der Waals surface area contributed by atoms with Crippen molar-refractivity contribution in [3.63, 3.8) is 0 Å². The molecule has 1 amide bonds. The summed E-state index contributed by atoms with van der Waals surface area (Å²) in [7, 11) is 0. The van der Waals surface area contributed by atoms with E-state index in [0.29, 0.717) is 55.0 Å². The second kappa shape index (κ2) is 10.6. The van der Waals surface area contributed by atoms with Crippen molar-refractivity contribution in [1.82, 2.24) is 24.8 Å². The van der Waals surface area contributed by atoms with Crippen LogP contribution in [0, 0.1) is 17.8 Å². The number of hydrogen-bond acceptors (Lipinski definition) is 7. The zero-order chi connectivity index (χ0) is 22.2. The number of amides is 1. The second-order valence-electron chi connectivity index (χ2n) is 7.62. The Balaban J connectivity index is 1.14. The number of rotatable bonds is 6. The van der Waals surface area contributed by atoms with Gasteiger partial charge >= 0.3 is 6.09 Å². The summed E-state index contributed by atoms with van der Waals surface area (Å²) in [6.45, 7) is 2.47. The lowest BCUT2D eigenvalue weighted by molar-refractivity contribution is 0.0437. The van der Waals surface area contributed by atoms with Gasteiger partial charge in [-0.3, -0.25) is 0 Å². The maximum atomic E-state index is 12.2. The molecule has 3 heterocycles. The second-order valence-corrected chi connectivity index (χ2v) is 7.62. The van der Waals surface area contributed by atoms with Gasteiger partial charge in [-0.15, -0.1) is 0 Å². The number of likely N-dealkylation sites (tertiary alicyclic amines) is 1. The first kappa shape index (κ1) is 21.6. The topological polar surface area (TPSA) is 119 Å². The summed E-state index contributed by atoms with van der Waals surface area (Å²) in [4.78, 5) is 29.5. The molecule has 1 aliphatic heterocycles. The largest absolute Gasteiger partial charge is 0.447 e. The molecule has 0 saturated carbocycles. The zero-order valence-electron chi connectivity index (χ0n) is 17.8. The highest BCUT2D eigenvalue weighted by atomic mass is 16.6. The number of piperidine rings is 1. The van der Waals surface area contributed by atoms with Crippen molar-refractivity contribution in [2.75, 3.05) is 32.0 Å². The molecule has 1 aliphatic rings. The molecular formula is C23H26N6O3. The molecule has 1 fully saturated rings. The number of nitrogens with two attached hydrogens (primary N) is 1. The Morgan fingerprint density at radius 1 is 1.19 bits per heavy atom. The molecule has 0 atom stereocenters. The number of nitrogen functional groups attached to an aromatic ring is 1. The number of ether oxygens (including phenoxy) is 2. The summed E-state index contributed by atoms with van der Waals surface area (Å²) in [6, 6.07) is 9.91. The minimum atomic E-state index is -0.283. The summed E-state index contributed by atoms with van der Waals surface area (Å²) in [5.41, 5.74) is 8.12. The Labute approximate surface area is 186 Å². The van der Waals surface area contributed by atoms with Crippen LogP contribution in [0.5, 0.6) is 0 Å². The normalized spacial score (nSPS) is 14.2. The van der Waals surface area contributed by atoms with Gasteiger partial charge in [0.15, 0.2) is 11.5 Å². The van der Waals surface area contributed by atoms with E-state index in [1.54, 1.807) is 4.90 Å². The molecule has 0 unspecified atom stereocenters. The Hall–Kier alpha value is -3.64. The highest BCUT2D eigenvalue weighted by Gasteiger charge is 2.23. The van der Waals surface area contributed by atoms with Gasteiger partial charge < -0.3 is 25.1 Å². The van der Waals surface area contributed by atoms with E-state index >= 15 is 0 Å². The number of aromatic nitrogens is 4. The molecule has 1 saturated heterocycles. The number of H-pyrrole nitrogens is 1. The molecule has 0 bridgehead atoms. The number of anilines is 1. The first-order valence-electron chi connectivity index (χ1n) is 10.7. The van der Waals surface area contributed by atoms with E-state index in [1.807, 2.05) is 30.3 Å². The first-order chi connectivity index (χ1) is 15.7. The van der Waals surface area contributed by atoms with Crippen molar-refractivity contribution in [3.8, 4) is 11.8 Å². The van der Waals surface area contributed by atoms with Gasteiger partial charge in [0.05, 0.1) is 19.5 Å². The molecule has 9 heteroatoms. The first-order valence-corrected chi connectivity index (χ1v) is 10.7. The summed E-state index contributed by atoms with van der Waals surface area (Å²) in [5.74, 6) is 7.25. The van der Waals surface area contributed by atoms with E-state index in [0.717, 1.165) is 24.8 Å². The van der Waals surface area contributed by atoms with E-state index in [4.69, 9.17) is 15.2 Å². The highest BCUT2D eigenvalue weighted by Crippen LogP contribution is 2.20. The summed E-state index contributed by atoms with van der Waals surface area (Å²) in [6.07, 6.45) is 3.74. The van der Waals surface area contributed by atoms with Gasteiger partial charge in [-0.05, 0) is 30.2 Å². The van der Waals surface area contributed by atoms with Crippen LogP contribution in [0.2, 0.25) is 0 Å². The molecule has 1 aromatic carbocycles. The van der Waals surface area contributed by atoms with Crippen molar-refractivity contribution in [2.24, 2.45) is 5.92 Å². The molecule has 0 aliphatic carbocycles. The quantitative estimate of drug-likeness (QED) is 0.452. The van der Waals surface area contributed by atoms with Gasteiger partial charge in [0.1, 0.15) is 12.1 Å². The number of benzene rings is 1. The van der Waals surface area contributed by atoms with Crippen molar-refractivity contribution >= 4 is 23.1 Å². The lowest BCUT2D eigenvalue weighted by atomic mass is 9.94. The van der Waals surface area contributed by atoms with Crippen LogP contribution in [0.3, 0.4) is 0 Å². The number of aromatic amines is 1. The van der Waals surface area contributed by atoms with Crippen LogP contribution in [0.4, 0.5) is 10.6 Å². The van der Waals surface area contributed by atoms with Gasteiger partial charge in [0.25, 0.3) is 0 Å². The monoisotopic (exact) mass is 434 g/mol. The van der Waals surface area contributed by atoms with E-state index in [9.17, 15) is 4.79 Å². The van der Waals surface area contributed by atoms with E-state index in [1.165, 1.54) is 6.33 Å². The van der Waals surface area contributed by atoms with Crippen LogP contribution < -0.4 is 5.73 Å². The number of carbonyl (C=O) groups excluding carboxylic acids is 1. The molecule has 0 radical (unpaired) electrons. The summed E-state index contributed by atoms with van der Waals surface area (Å²) < 4.78 is 10.9. The molecule has 32 heavy (non-hydrogen) atoms. The van der Waals surface area contributed by atoms with Gasteiger partial charge in [-0.1, -0.05) is 36.3 Å². The third-order valence-corrected chi connectivity index (χ3v) is 5.34. The molecule has 166 valence electrons. The third-order valence-electron chi connectivity index (χ3n) is 5.34. The van der Waals surface area contributed by atoms with Crippen LogP contribution in [-0.4, -0.2) is 57.2 Å². The fourth-order valence-electron chi connectivity index (χ4n) is 3.55. The van der Waals surface area contributed by atoms with Crippen LogP contribution in [0.15, 0.2) is 36.7 Å². The van der Waals surface area contributed by atoms with Crippen molar-refractivity contribution in [2.45, 2.75) is 25.9 Å². The van der Waals surface area contributed by atoms with Crippen molar-refractivity contribution in [3.05, 3.63) is 48.0 Å². The molecule has 2 aromatic heterocycles. The maximum absolute atomic E-state index is 12.2. The minimum Gasteiger partial charge on any atom is -0.447 e. The molecular weight excluding hydrogens is 408 g/mol. The number of nitrogens with zero attached hydrogens (tertiary/aromatic N) is 4. The Morgan fingerprint density at radius 3 is 2.81 bits per heavy atom. The average Bonchev–Trinajstić information content (AvgIpc) is 3.29. The van der Waals surface area contributed by atoms with Crippen LogP contribution in [-0.2, 0) is 16.1 Å². The molecule has 9 nitrogen and oxygen atoms in total. The third kappa shape index (κ3) is 5.74. The van der Waals surface area contributed by atoms with Gasteiger partial charge in [-0.2, -0.15) is 4.98 Å². The molecule has 0 spiro atoms. The molecule has 3 aromatic rings. The van der Waals surface area contributed by atoms with Crippen LogP contribution >= 0.6 is 0 Å². The highest BCUT2D eigenvalue weighted by molar-refractivity contribution is 5.81. The maximum Gasteiger partial charge on any atom is 0.409 e. The van der Waals surface area contributed by atoms with E-state index in [-0.39, 0.29) is 12.7 Å². The van der Waals surface area contributed by atoms with Gasteiger partial charge in [0, 0.05) is 19.5 Å².